The number of anilines is 2. The van der Waals surface area contributed by atoms with Crippen molar-refractivity contribution in [2.75, 3.05) is 44.7 Å². The molecule has 2 saturated heterocycles. The fourth-order valence-corrected chi connectivity index (χ4v) is 6.77. The smallest absolute Gasteiger partial charge is 0.236 e. The number of hydrogen-bond donors (Lipinski definition) is 1. The number of nitrogens with zero attached hydrogens (tertiary/aromatic N) is 7. The Bertz CT molecular complexity index is 1640. The van der Waals surface area contributed by atoms with Gasteiger partial charge in [0.1, 0.15) is 22.5 Å². The van der Waals surface area contributed by atoms with E-state index in [0.717, 1.165) is 49.4 Å². The zero-order chi connectivity index (χ0) is 29.4. The largest absolute Gasteiger partial charge is 0.391 e. The molecule has 0 saturated carbocycles. The van der Waals surface area contributed by atoms with Crippen molar-refractivity contribution in [3.8, 4) is 17.3 Å². The number of aliphatic hydroxyl groups is 1. The first-order chi connectivity index (χ1) is 20.3. The van der Waals surface area contributed by atoms with E-state index in [1.54, 1.807) is 17.0 Å². The molecule has 1 atom stereocenters. The molecule has 218 valence electrons. The van der Waals surface area contributed by atoms with Crippen LogP contribution in [0.5, 0.6) is 0 Å². The molecule has 2 aliphatic heterocycles. The second-order valence-electron chi connectivity index (χ2n) is 11.2. The van der Waals surface area contributed by atoms with Crippen LogP contribution >= 0.6 is 11.3 Å². The third-order valence-electron chi connectivity index (χ3n) is 8.38. The van der Waals surface area contributed by atoms with Crippen molar-refractivity contribution in [3.05, 3.63) is 64.7 Å². The summed E-state index contributed by atoms with van der Waals surface area (Å²) in [5.74, 6) is 0.0923. The summed E-state index contributed by atoms with van der Waals surface area (Å²) in [4.78, 5) is 28.9. The number of fused-ring (bicyclic) bond motifs is 1. The van der Waals surface area contributed by atoms with E-state index in [2.05, 4.69) is 40.8 Å². The van der Waals surface area contributed by atoms with Crippen LogP contribution < -0.4 is 4.90 Å². The number of rotatable bonds is 7. The quantitative estimate of drug-likeness (QED) is 0.338. The molecule has 6 rings (SSSR count). The van der Waals surface area contributed by atoms with Crippen molar-refractivity contribution in [1.29, 1.82) is 5.26 Å². The SMILES string of the molecule is CCc1cn2cc(C3CCN(CC(=O)N4CC[C@@H](O)C4)CC3)cc(N(C)c3nc(-c4ccc(F)cc4)c(C#N)s3)c2n1. The average Bonchev–Trinajstić information content (AvgIpc) is 3.75. The molecular formula is C31H34FN7O2S. The van der Waals surface area contributed by atoms with Crippen molar-refractivity contribution < 1.29 is 14.3 Å². The van der Waals surface area contributed by atoms with Gasteiger partial charge < -0.3 is 19.3 Å². The van der Waals surface area contributed by atoms with Gasteiger partial charge in [-0.15, -0.1) is 0 Å². The number of aryl methyl sites for hydroxylation is 1. The Morgan fingerprint density at radius 3 is 2.60 bits per heavy atom. The molecule has 1 N–H and O–H groups in total. The van der Waals surface area contributed by atoms with Gasteiger partial charge in [0, 0.05) is 38.1 Å². The summed E-state index contributed by atoms with van der Waals surface area (Å²) in [6.45, 7) is 5.23. The summed E-state index contributed by atoms with van der Waals surface area (Å²) in [7, 11) is 1.94. The minimum absolute atomic E-state index is 0.0982. The lowest BCUT2D eigenvalue weighted by atomic mass is 9.90. The summed E-state index contributed by atoms with van der Waals surface area (Å²) < 4.78 is 15.6. The lowest BCUT2D eigenvalue weighted by molar-refractivity contribution is -0.132. The maximum Gasteiger partial charge on any atom is 0.236 e. The van der Waals surface area contributed by atoms with Crippen molar-refractivity contribution in [2.24, 2.45) is 0 Å². The number of likely N-dealkylation sites (tertiary alicyclic amines) is 2. The molecule has 1 amide bonds. The summed E-state index contributed by atoms with van der Waals surface area (Å²) in [6.07, 6.45) is 7.18. The van der Waals surface area contributed by atoms with E-state index in [0.29, 0.717) is 53.2 Å². The summed E-state index contributed by atoms with van der Waals surface area (Å²) >= 11 is 1.31. The Morgan fingerprint density at radius 1 is 1.17 bits per heavy atom. The van der Waals surface area contributed by atoms with Crippen LogP contribution in [0.25, 0.3) is 16.9 Å². The second kappa shape index (κ2) is 11.8. The van der Waals surface area contributed by atoms with Crippen molar-refractivity contribution in [2.45, 2.75) is 44.6 Å². The minimum atomic E-state index is -0.399. The normalized spacial score (nSPS) is 18.1. The molecule has 3 aromatic heterocycles. The predicted octanol–water partition coefficient (Wildman–Crippen LogP) is 4.57. The Labute approximate surface area is 248 Å². The number of benzene rings is 1. The first-order valence-electron chi connectivity index (χ1n) is 14.4. The van der Waals surface area contributed by atoms with Crippen LogP contribution in [0.15, 0.2) is 42.7 Å². The van der Waals surface area contributed by atoms with Gasteiger partial charge in [-0.05, 0) is 80.6 Å². The summed E-state index contributed by atoms with van der Waals surface area (Å²) in [5, 5.41) is 20.3. The Kier molecular flexibility index (Phi) is 7.94. The lowest BCUT2D eigenvalue weighted by Crippen LogP contribution is -2.42. The number of carbonyl (C=O) groups excluding carboxylic acids is 1. The van der Waals surface area contributed by atoms with Crippen LogP contribution in [0.2, 0.25) is 0 Å². The van der Waals surface area contributed by atoms with E-state index in [9.17, 15) is 19.6 Å². The van der Waals surface area contributed by atoms with Crippen LogP contribution in [-0.4, -0.2) is 81.1 Å². The number of β-amino-alcohol motifs (C(OH)–C–C–N with tert-alkyl or cyclic N) is 1. The first kappa shape index (κ1) is 28.3. The standard InChI is InChI=1S/C31H34FN7O2S/c1-3-24-17-39-16-22(20-8-11-37(12-9-20)19-28(41)38-13-10-25(40)18-38)14-26(30(39)34-24)36(2)31-35-29(27(15-33)42-31)21-4-6-23(32)7-5-21/h4-7,14,16-17,20,25,40H,3,8-13,18-19H2,1-2H3/t25-/m1/s1. The fourth-order valence-electron chi connectivity index (χ4n) is 5.91. The van der Waals surface area contributed by atoms with E-state index in [1.807, 2.05) is 11.9 Å². The van der Waals surface area contributed by atoms with E-state index in [4.69, 9.17) is 9.97 Å². The van der Waals surface area contributed by atoms with Gasteiger partial charge in [0.2, 0.25) is 5.91 Å². The fraction of sp³-hybridized carbons (Fsp3) is 0.419. The van der Waals surface area contributed by atoms with Gasteiger partial charge in [-0.1, -0.05) is 18.3 Å². The number of halogens is 1. The molecule has 0 bridgehead atoms. The minimum Gasteiger partial charge on any atom is -0.391 e. The summed E-state index contributed by atoms with van der Waals surface area (Å²) in [6, 6.07) is 10.5. The van der Waals surface area contributed by atoms with Crippen molar-refractivity contribution in [3.63, 3.8) is 0 Å². The topological polar surface area (TPSA) is 101 Å². The molecule has 0 spiro atoms. The van der Waals surface area contributed by atoms with Gasteiger partial charge in [0.25, 0.3) is 0 Å². The molecule has 2 aliphatic rings. The molecule has 4 aromatic rings. The number of nitriles is 1. The predicted molar refractivity (Wildman–Crippen MR) is 160 cm³/mol. The van der Waals surface area contributed by atoms with Crippen LogP contribution in [0, 0.1) is 17.1 Å². The number of imidazole rings is 1. The second-order valence-corrected chi connectivity index (χ2v) is 12.1. The third-order valence-corrected chi connectivity index (χ3v) is 9.42. The third kappa shape index (κ3) is 5.62. The van der Waals surface area contributed by atoms with Gasteiger partial charge >= 0.3 is 0 Å². The average molecular weight is 588 g/mol. The van der Waals surface area contributed by atoms with E-state index in [-0.39, 0.29) is 11.7 Å². The maximum absolute atomic E-state index is 13.5. The zero-order valence-electron chi connectivity index (χ0n) is 23.8. The van der Waals surface area contributed by atoms with Gasteiger partial charge in [-0.2, -0.15) is 5.26 Å². The van der Waals surface area contributed by atoms with Crippen LogP contribution in [0.1, 0.15) is 48.2 Å². The van der Waals surface area contributed by atoms with Gasteiger partial charge in [0.15, 0.2) is 10.8 Å². The molecule has 2 fully saturated rings. The molecule has 42 heavy (non-hydrogen) atoms. The Morgan fingerprint density at radius 2 is 1.93 bits per heavy atom. The highest BCUT2D eigenvalue weighted by molar-refractivity contribution is 7.16. The number of carbonyl (C=O) groups is 1. The van der Waals surface area contributed by atoms with Crippen LogP contribution in [-0.2, 0) is 11.2 Å². The highest BCUT2D eigenvalue weighted by Crippen LogP contribution is 2.38. The number of piperidine rings is 1. The molecule has 9 nitrogen and oxygen atoms in total. The van der Waals surface area contributed by atoms with Gasteiger partial charge in [0.05, 0.1) is 24.0 Å². The number of thiazole rings is 1. The number of hydrogen-bond acceptors (Lipinski definition) is 8. The van der Waals surface area contributed by atoms with E-state index in [1.165, 1.54) is 29.0 Å². The van der Waals surface area contributed by atoms with Crippen LogP contribution in [0.3, 0.4) is 0 Å². The highest BCUT2D eigenvalue weighted by atomic mass is 32.1. The number of aromatic nitrogens is 3. The lowest BCUT2D eigenvalue weighted by Gasteiger charge is -2.33. The highest BCUT2D eigenvalue weighted by Gasteiger charge is 2.29. The first-order valence-corrected chi connectivity index (χ1v) is 15.2. The zero-order valence-corrected chi connectivity index (χ0v) is 24.6. The molecule has 0 radical (unpaired) electrons. The van der Waals surface area contributed by atoms with Gasteiger partial charge in [-0.3, -0.25) is 9.69 Å². The Hall–Kier alpha value is -3.85. The summed E-state index contributed by atoms with van der Waals surface area (Å²) in [5.41, 5.74) is 5.16. The molecule has 0 unspecified atom stereocenters. The number of amides is 1. The van der Waals surface area contributed by atoms with E-state index >= 15 is 0 Å². The molecular weight excluding hydrogens is 553 g/mol. The molecule has 11 heteroatoms. The number of pyridine rings is 1. The van der Waals surface area contributed by atoms with Gasteiger partial charge in [-0.25, -0.2) is 14.4 Å². The molecule has 0 aliphatic carbocycles. The van der Waals surface area contributed by atoms with Crippen LogP contribution in [0.4, 0.5) is 15.2 Å². The monoisotopic (exact) mass is 587 g/mol. The number of aliphatic hydroxyl groups excluding tert-OH is 1. The Balaban J connectivity index is 1.25. The maximum atomic E-state index is 13.5. The van der Waals surface area contributed by atoms with Crippen molar-refractivity contribution >= 4 is 33.7 Å². The van der Waals surface area contributed by atoms with Crippen molar-refractivity contribution in [1.82, 2.24) is 24.2 Å². The van der Waals surface area contributed by atoms with E-state index < -0.39 is 6.10 Å². The molecule has 5 heterocycles. The molecule has 1 aromatic carbocycles.